The maximum atomic E-state index is 12.5. The molecule has 0 bridgehead atoms. The second-order valence-corrected chi connectivity index (χ2v) is 5.23. The number of alkyl halides is 2. The maximum absolute atomic E-state index is 12.5. The number of furan rings is 1. The predicted molar refractivity (Wildman–Crippen MR) is 79.9 cm³/mol. The molecule has 1 aliphatic rings. The minimum absolute atomic E-state index is 0.0767. The van der Waals surface area contributed by atoms with E-state index >= 15 is 0 Å². The number of carbonyl (C=O) groups excluding carboxylic acids is 1. The van der Waals surface area contributed by atoms with Crippen LogP contribution in [0.3, 0.4) is 0 Å². The Balaban J connectivity index is 1.65. The van der Waals surface area contributed by atoms with Gasteiger partial charge in [-0.15, -0.1) is 0 Å². The lowest BCUT2D eigenvalue weighted by Crippen LogP contribution is -2.37. The number of anilines is 1. The van der Waals surface area contributed by atoms with Crippen molar-refractivity contribution in [1.29, 1.82) is 0 Å². The molecule has 1 aromatic carbocycles. The minimum atomic E-state index is -2.87. The number of rotatable bonds is 5. The SMILES string of the molecule is O=C(N[C@H]1CCN(c2ccccc2OC(F)F)C1)c1ccco1. The largest absolute Gasteiger partial charge is 0.459 e. The molecule has 7 heteroatoms. The van der Waals surface area contributed by atoms with Gasteiger partial charge in [0.05, 0.1) is 12.0 Å². The van der Waals surface area contributed by atoms with Crippen molar-refractivity contribution in [2.75, 3.05) is 18.0 Å². The van der Waals surface area contributed by atoms with Crippen molar-refractivity contribution in [3.63, 3.8) is 0 Å². The molecule has 122 valence electrons. The van der Waals surface area contributed by atoms with Gasteiger partial charge in [-0.25, -0.2) is 0 Å². The van der Waals surface area contributed by atoms with Crippen molar-refractivity contribution in [3.8, 4) is 5.75 Å². The number of hydrogen-bond acceptors (Lipinski definition) is 4. The molecule has 5 nitrogen and oxygen atoms in total. The number of hydrogen-bond donors (Lipinski definition) is 1. The highest BCUT2D eigenvalue weighted by Gasteiger charge is 2.27. The summed E-state index contributed by atoms with van der Waals surface area (Å²) < 4.78 is 34.6. The molecule has 1 atom stereocenters. The molecule has 2 aromatic rings. The van der Waals surface area contributed by atoms with Crippen LogP contribution in [-0.4, -0.2) is 31.7 Å². The van der Waals surface area contributed by atoms with Gasteiger partial charge in [-0.3, -0.25) is 4.79 Å². The second-order valence-electron chi connectivity index (χ2n) is 5.23. The van der Waals surface area contributed by atoms with Crippen molar-refractivity contribution in [3.05, 3.63) is 48.4 Å². The zero-order valence-corrected chi connectivity index (χ0v) is 12.2. The molecule has 1 amide bonds. The van der Waals surface area contributed by atoms with E-state index in [-0.39, 0.29) is 23.5 Å². The average Bonchev–Trinajstić information content (AvgIpc) is 3.18. The van der Waals surface area contributed by atoms with E-state index in [4.69, 9.17) is 4.42 Å². The summed E-state index contributed by atoms with van der Waals surface area (Å²) in [5, 5.41) is 2.88. The second kappa shape index (κ2) is 6.68. The molecule has 1 aliphatic heterocycles. The van der Waals surface area contributed by atoms with Gasteiger partial charge in [0.15, 0.2) is 5.76 Å². The van der Waals surface area contributed by atoms with Gasteiger partial charge in [0.25, 0.3) is 5.91 Å². The molecule has 1 aromatic heterocycles. The monoisotopic (exact) mass is 322 g/mol. The van der Waals surface area contributed by atoms with Crippen LogP contribution in [0.1, 0.15) is 17.0 Å². The van der Waals surface area contributed by atoms with Gasteiger partial charge >= 0.3 is 6.61 Å². The first kappa shape index (κ1) is 15.3. The lowest BCUT2D eigenvalue weighted by molar-refractivity contribution is -0.0495. The van der Waals surface area contributed by atoms with Crippen molar-refractivity contribution in [2.24, 2.45) is 0 Å². The Kier molecular flexibility index (Phi) is 4.45. The van der Waals surface area contributed by atoms with Crippen LogP contribution in [0.5, 0.6) is 5.75 Å². The minimum Gasteiger partial charge on any atom is -0.459 e. The maximum Gasteiger partial charge on any atom is 0.387 e. The van der Waals surface area contributed by atoms with Gasteiger partial charge in [-0.2, -0.15) is 8.78 Å². The fourth-order valence-electron chi connectivity index (χ4n) is 2.68. The lowest BCUT2D eigenvalue weighted by Gasteiger charge is -2.21. The van der Waals surface area contributed by atoms with Crippen LogP contribution in [0.25, 0.3) is 0 Å². The van der Waals surface area contributed by atoms with Gasteiger partial charge < -0.3 is 19.4 Å². The summed E-state index contributed by atoms with van der Waals surface area (Å²) in [4.78, 5) is 13.9. The number of ether oxygens (including phenoxy) is 1. The van der Waals surface area contributed by atoms with E-state index in [1.54, 1.807) is 30.3 Å². The summed E-state index contributed by atoms with van der Waals surface area (Å²) in [6.07, 6.45) is 2.16. The Morgan fingerprint density at radius 2 is 2.13 bits per heavy atom. The van der Waals surface area contributed by atoms with Gasteiger partial charge in [0.1, 0.15) is 5.75 Å². The topological polar surface area (TPSA) is 54.7 Å². The predicted octanol–water partition coefficient (Wildman–Crippen LogP) is 2.89. The number of nitrogens with zero attached hydrogens (tertiary/aromatic N) is 1. The summed E-state index contributed by atoms with van der Waals surface area (Å²) in [6.45, 7) is -1.70. The summed E-state index contributed by atoms with van der Waals surface area (Å²) in [7, 11) is 0. The van der Waals surface area contributed by atoms with E-state index in [0.29, 0.717) is 18.8 Å². The van der Waals surface area contributed by atoms with Gasteiger partial charge in [-0.05, 0) is 30.7 Å². The van der Waals surface area contributed by atoms with Gasteiger partial charge in [0, 0.05) is 19.1 Å². The molecule has 0 radical (unpaired) electrons. The summed E-state index contributed by atoms with van der Waals surface area (Å²) in [5.41, 5.74) is 0.600. The molecule has 0 saturated carbocycles. The van der Waals surface area contributed by atoms with Crippen molar-refractivity contribution < 1.29 is 22.7 Å². The van der Waals surface area contributed by atoms with E-state index in [1.165, 1.54) is 12.3 Å². The molecule has 1 saturated heterocycles. The Labute approximate surface area is 131 Å². The highest BCUT2D eigenvalue weighted by molar-refractivity contribution is 5.91. The third kappa shape index (κ3) is 3.61. The first-order valence-electron chi connectivity index (χ1n) is 7.26. The molecule has 1 N–H and O–H groups in total. The molecule has 23 heavy (non-hydrogen) atoms. The molecular weight excluding hydrogens is 306 g/mol. The van der Waals surface area contributed by atoms with E-state index in [0.717, 1.165) is 6.42 Å². The highest BCUT2D eigenvalue weighted by Crippen LogP contribution is 2.31. The van der Waals surface area contributed by atoms with Crippen LogP contribution >= 0.6 is 0 Å². The van der Waals surface area contributed by atoms with Crippen molar-refractivity contribution in [1.82, 2.24) is 5.32 Å². The fourth-order valence-corrected chi connectivity index (χ4v) is 2.68. The van der Waals surface area contributed by atoms with Crippen LogP contribution < -0.4 is 15.0 Å². The molecule has 0 aliphatic carbocycles. The van der Waals surface area contributed by atoms with E-state index in [1.807, 2.05) is 4.90 Å². The number of para-hydroxylation sites is 2. The van der Waals surface area contributed by atoms with Gasteiger partial charge in [0.2, 0.25) is 0 Å². The zero-order valence-electron chi connectivity index (χ0n) is 12.2. The van der Waals surface area contributed by atoms with Crippen LogP contribution in [0.15, 0.2) is 47.1 Å². The van der Waals surface area contributed by atoms with E-state index < -0.39 is 6.61 Å². The summed E-state index contributed by atoms with van der Waals surface area (Å²) >= 11 is 0. The average molecular weight is 322 g/mol. The summed E-state index contributed by atoms with van der Waals surface area (Å²) in [6, 6.07) is 9.81. The van der Waals surface area contributed by atoms with Crippen molar-refractivity contribution in [2.45, 2.75) is 19.1 Å². The highest BCUT2D eigenvalue weighted by atomic mass is 19.3. The van der Waals surface area contributed by atoms with E-state index in [9.17, 15) is 13.6 Å². The smallest absolute Gasteiger partial charge is 0.387 e. The Morgan fingerprint density at radius 1 is 1.30 bits per heavy atom. The molecular formula is C16H16F2N2O3. The van der Waals surface area contributed by atoms with E-state index in [2.05, 4.69) is 10.1 Å². The Hall–Kier alpha value is -2.57. The van der Waals surface area contributed by atoms with Crippen LogP contribution in [0.2, 0.25) is 0 Å². The first-order valence-corrected chi connectivity index (χ1v) is 7.26. The number of benzene rings is 1. The number of carbonyl (C=O) groups is 1. The van der Waals surface area contributed by atoms with Gasteiger partial charge in [-0.1, -0.05) is 12.1 Å². The summed E-state index contributed by atoms with van der Waals surface area (Å²) in [5.74, 6) is 0.115. The first-order chi connectivity index (χ1) is 11.1. The fraction of sp³-hybridized carbons (Fsp3) is 0.312. The Bertz CT molecular complexity index is 661. The molecule has 0 unspecified atom stereocenters. The number of halogens is 2. The van der Waals surface area contributed by atoms with Crippen LogP contribution in [0, 0.1) is 0 Å². The molecule has 2 heterocycles. The normalized spacial score (nSPS) is 17.5. The van der Waals surface area contributed by atoms with Crippen LogP contribution in [0.4, 0.5) is 14.5 Å². The lowest BCUT2D eigenvalue weighted by atomic mass is 10.2. The quantitative estimate of drug-likeness (QED) is 0.920. The Morgan fingerprint density at radius 3 is 2.87 bits per heavy atom. The third-order valence-corrected chi connectivity index (χ3v) is 3.69. The van der Waals surface area contributed by atoms with Crippen molar-refractivity contribution >= 4 is 11.6 Å². The van der Waals surface area contributed by atoms with Crippen LogP contribution in [-0.2, 0) is 0 Å². The number of nitrogens with one attached hydrogen (secondary N) is 1. The third-order valence-electron chi connectivity index (χ3n) is 3.69. The standard InChI is InChI=1S/C16H16F2N2O3/c17-16(18)23-13-5-2-1-4-12(13)20-8-7-11(10-20)19-15(21)14-6-3-9-22-14/h1-6,9,11,16H,7-8,10H2,(H,19,21)/t11-/m0/s1. The molecule has 1 fully saturated rings. The molecule has 3 rings (SSSR count). The zero-order chi connectivity index (χ0) is 16.2. The molecule has 0 spiro atoms. The number of amides is 1.